The molecule has 1 amide bonds. The first-order valence-corrected chi connectivity index (χ1v) is 6.88. The molecule has 0 aliphatic heterocycles. The fourth-order valence-corrected chi connectivity index (χ4v) is 1.81. The Morgan fingerprint density at radius 3 is 2.56 bits per heavy atom. The fraction of sp³-hybridized carbons (Fsp3) is 0.417. The standard InChI is InChI=1S/C12H15Br2NO/c1-8(2)11(14)12(16)15-7-9-5-3-4-6-10(9)13/h3-6,8,11H,7H2,1-2H3,(H,15,16). The maximum Gasteiger partial charge on any atom is 0.234 e. The predicted octanol–water partition coefficient (Wildman–Crippen LogP) is 3.48. The largest absolute Gasteiger partial charge is 0.351 e. The lowest BCUT2D eigenvalue weighted by Gasteiger charge is -2.14. The van der Waals surface area contributed by atoms with Crippen LogP contribution in [0, 0.1) is 5.92 Å². The number of hydrogen-bond donors (Lipinski definition) is 1. The summed E-state index contributed by atoms with van der Waals surface area (Å²) in [7, 11) is 0. The molecule has 1 aromatic carbocycles. The highest BCUT2D eigenvalue weighted by molar-refractivity contribution is 9.10. The molecule has 0 fully saturated rings. The van der Waals surface area contributed by atoms with Crippen LogP contribution in [0.5, 0.6) is 0 Å². The molecule has 0 bridgehead atoms. The van der Waals surface area contributed by atoms with E-state index in [9.17, 15) is 4.79 Å². The Morgan fingerprint density at radius 1 is 1.38 bits per heavy atom. The van der Waals surface area contributed by atoms with Crippen LogP contribution in [0.1, 0.15) is 19.4 Å². The molecule has 1 atom stereocenters. The van der Waals surface area contributed by atoms with Crippen LogP contribution in [-0.2, 0) is 11.3 Å². The van der Waals surface area contributed by atoms with Gasteiger partial charge in [-0.15, -0.1) is 0 Å². The van der Waals surface area contributed by atoms with Gasteiger partial charge in [0, 0.05) is 11.0 Å². The summed E-state index contributed by atoms with van der Waals surface area (Å²) in [5, 5.41) is 2.91. The van der Waals surface area contributed by atoms with Crippen molar-refractivity contribution in [2.24, 2.45) is 5.92 Å². The van der Waals surface area contributed by atoms with Crippen LogP contribution in [0.3, 0.4) is 0 Å². The Labute approximate surface area is 113 Å². The van der Waals surface area contributed by atoms with Crippen molar-refractivity contribution in [3.05, 3.63) is 34.3 Å². The van der Waals surface area contributed by atoms with Crippen LogP contribution < -0.4 is 5.32 Å². The van der Waals surface area contributed by atoms with Crippen LogP contribution in [0.2, 0.25) is 0 Å². The summed E-state index contributed by atoms with van der Waals surface area (Å²) < 4.78 is 1.02. The van der Waals surface area contributed by atoms with E-state index >= 15 is 0 Å². The highest BCUT2D eigenvalue weighted by Gasteiger charge is 2.17. The van der Waals surface area contributed by atoms with Crippen molar-refractivity contribution in [3.63, 3.8) is 0 Å². The number of carbonyl (C=O) groups is 1. The van der Waals surface area contributed by atoms with Gasteiger partial charge in [-0.05, 0) is 17.5 Å². The number of amides is 1. The van der Waals surface area contributed by atoms with Gasteiger partial charge in [-0.25, -0.2) is 0 Å². The number of hydrogen-bond acceptors (Lipinski definition) is 1. The lowest BCUT2D eigenvalue weighted by atomic mass is 10.1. The maximum atomic E-state index is 11.7. The van der Waals surface area contributed by atoms with Crippen molar-refractivity contribution >= 4 is 37.8 Å². The van der Waals surface area contributed by atoms with Crippen molar-refractivity contribution in [1.82, 2.24) is 5.32 Å². The number of alkyl halides is 1. The summed E-state index contributed by atoms with van der Waals surface area (Å²) >= 11 is 6.83. The molecule has 0 aliphatic rings. The van der Waals surface area contributed by atoms with Crippen molar-refractivity contribution < 1.29 is 4.79 Å². The van der Waals surface area contributed by atoms with Gasteiger partial charge in [-0.1, -0.05) is 63.9 Å². The highest BCUT2D eigenvalue weighted by Crippen LogP contribution is 2.16. The molecule has 2 nitrogen and oxygen atoms in total. The van der Waals surface area contributed by atoms with E-state index in [1.807, 2.05) is 38.1 Å². The van der Waals surface area contributed by atoms with Gasteiger partial charge in [-0.2, -0.15) is 0 Å². The first-order chi connectivity index (χ1) is 7.52. The molecule has 0 spiro atoms. The molecule has 1 aromatic rings. The quantitative estimate of drug-likeness (QED) is 0.829. The normalized spacial score (nSPS) is 12.6. The summed E-state index contributed by atoms with van der Waals surface area (Å²) in [4.78, 5) is 11.6. The fourth-order valence-electron chi connectivity index (χ4n) is 1.22. The van der Waals surface area contributed by atoms with Crippen LogP contribution in [-0.4, -0.2) is 10.7 Å². The van der Waals surface area contributed by atoms with Crippen LogP contribution in [0.25, 0.3) is 0 Å². The second-order valence-corrected chi connectivity index (χ2v) is 5.80. The van der Waals surface area contributed by atoms with Gasteiger partial charge in [0.05, 0.1) is 4.83 Å². The van der Waals surface area contributed by atoms with E-state index in [1.54, 1.807) is 0 Å². The van der Waals surface area contributed by atoms with Crippen molar-refractivity contribution in [3.8, 4) is 0 Å². The molecule has 0 saturated heterocycles. The highest BCUT2D eigenvalue weighted by atomic mass is 79.9. The molecule has 0 aliphatic carbocycles. The summed E-state index contributed by atoms with van der Waals surface area (Å²) in [5.74, 6) is 0.324. The molecule has 0 saturated carbocycles. The Bertz CT molecular complexity index is 366. The third-order valence-electron chi connectivity index (χ3n) is 2.25. The average Bonchev–Trinajstić information content (AvgIpc) is 2.26. The minimum absolute atomic E-state index is 0.0331. The monoisotopic (exact) mass is 347 g/mol. The molecule has 1 unspecified atom stereocenters. The Morgan fingerprint density at radius 2 is 2.00 bits per heavy atom. The first kappa shape index (κ1) is 13.7. The first-order valence-electron chi connectivity index (χ1n) is 5.17. The number of nitrogens with one attached hydrogen (secondary N) is 1. The van der Waals surface area contributed by atoms with E-state index in [0.717, 1.165) is 10.0 Å². The van der Waals surface area contributed by atoms with Crippen LogP contribution in [0.15, 0.2) is 28.7 Å². The topological polar surface area (TPSA) is 29.1 Å². The third-order valence-corrected chi connectivity index (χ3v) is 4.49. The Balaban J connectivity index is 2.52. The van der Waals surface area contributed by atoms with Crippen LogP contribution >= 0.6 is 31.9 Å². The lowest BCUT2D eigenvalue weighted by molar-refractivity contribution is -0.121. The van der Waals surface area contributed by atoms with Crippen molar-refractivity contribution in [1.29, 1.82) is 0 Å². The summed E-state index contributed by atoms with van der Waals surface area (Å²) in [6.45, 7) is 4.57. The van der Waals surface area contributed by atoms with Gasteiger partial charge in [0.1, 0.15) is 0 Å². The molecular weight excluding hydrogens is 334 g/mol. The van der Waals surface area contributed by atoms with Gasteiger partial charge in [0.2, 0.25) is 5.91 Å². The minimum atomic E-state index is -0.130. The summed E-state index contributed by atoms with van der Waals surface area (Å²) in [6, 6.07) is 7.87. The zero-order valence-corrected chi connectivity index (χ0v) is 12.5. The molecule has 16 heavy (non-hydrogen) atoms. The lowest BCUT2D eigenvalue weighted by Crippen LogP contribution is -2.33. The second-order valence-electron chi connectivity index (χ2n) is 3.95. The molecule has 0 radical (unpaired) electrons. The molecule has 88 valence electrons. The van der Waals surface area contributed by atoms with E-state index in [-0.39, 0.29) is 10.7 Å². The average molecular weight is 349 g/mol. The molecule has 0 heterocycles. The number of rotatable bonds is 4. The molecule has 0 aromatic heterocycles. The van der Waals surface area contributed by atoms with E-state index < -0.39 is 0 Å². The van der Waals surface area contributed by atoms with E-state index in [2.05, 4.69) is 37.2 Å². The van der Waals surface area contributed by atoms with E-state index in [4.69, 9.17) is 0 Å². The van der Waals surface area contributed by atoms with Gasteiger partial charge in [0.15, 0.2) is 0 Å². The van der Waals surface area contributed by atoms with Gasteiger partial charge in [-0.3, -0.25) is 4.79 Å². The zero-order valence-electron chi connectivity index (χ0n) is 9.34. The minimum Gasteiger partial charge on any atom is -0.351 e. The molecule has 4 heteroatoms. The Kier molecular flexibility index (Phi) is 5.49. The van der Waals surface area contributed by atoms with Crippen molar-refractivity contribution in [2.75, 3.05) is 0 Å². The molecular formula is C12H15Br2NO. The molecule has 1 rings (SSSR count). The zero-order chi connectivity index (χ0) is 12.1. The van der Waals surface area contributed by atoms with Gasteiger partial charge >= 0.3 is 0 Å². The van der Waals surface area contributed by atoms with E-state index in [0.29, 0.717) is 12.5 Å². The third kappa shape index (κ3) is 3.91. The number of halogens is 2. The number of benzene rings is 1. The summed E-state index contributed by atoms with van der Waals surface area (Å²) in [6.07, 6.45) is 0. The van der Waals surface area contributed by atoms with Gasteiger partial charge < -0.3 is 5.32 Å². The second kappa shape index (κ2) is 6.40. The predicted molar refractivity (Wildman–Crippen MR) is 73.5 cm³/mol. The van der Waals surface area contributed by atoms with Crippen LogP contribution in [0.4, 0.5) is 0 Å². The Hall–Kier alpha value is -0.350. The smallest absolute Gasteiger partial charge is 0.234 e. The summed E-state index contributed by atoms with van der Waals surface area (Å²) in [5.41, 5.74) is 1.08. The maximum absolute atomic E-state index is 11.7. The number of carbonyl (C=O) groups excluding carboxylic acids is 1. The van der Waals surface area contributed by atoms with Gasteiger partial charge in [0.25, 0.3) is 0 Å². The SMILES string of the molecule is CC(C)C(Br)C(=O)NCc1ccccc1Br. The molecule has 1 N–H and O–H groups in total. The van der Waals surface area contributed by atoms with E-state index in [1.165, 1.54) is 0 Å². The van der Waals surface area contributed by atoms with Crippen molar-refractivity contribution in [2.45, 2.75) is 25.2 Å².